The number of rotatable bonds is 4. The van der Waals surface area contributed by atoms with E-state index in [9.17, 15) is 23.1 Å². The topological polar surface area (TPSA) is 62.2 Å². The highest BCUT2D eigenvalue weighted by Gasteiger charge is 2.38. The number of nitrogens with zero attached hydrogens (tertiary/aromatic N) is 1. The average molecular weight is 463 g/mol. The SMILES string of the molecule is O=C(CC1CCC(O)(c2ccnc3c(C(F)(F)F)cccc23)CC1)Nc1ccc(Cl)cc1. The van der Waals surface area contributed by atoms with Gasteiger partial charge in [-0.3, -0.25) is 9.78 Å². The normalized spacial score (nSPS) is 21.5. The molecule has 4 nitrogen and oxygen atoms in total. The monoisotopic (exact) mass is 462 g/mol. The largest absolute Gasteiger partial charge is 0.418 e. The minimum absolute atomic E-state index is 0.0846. The van der Waals surface area contributed by atoms with Crippen LogP contribution in [0.25, 0.3) is 10.9 Å². The average Bonchev–Trinajstić information content (AvgIpc) is 2.75. The third kappa shape index (κ3) is 4.74. The Balaban J connectivity index is 1.47. The fourth-order valence-corrected chi connectivity index (χ4v) is 4.57. The standard InChI is InChI=1S/C24H22ClF3N2O2/c25-16-4-6-17(7-5-16)30-21(31)14-15-8-11-23(32,12-9-15)19-10-13-29-22-18(19)2-1-3-20(22)24(26,27)28/h1-7,10,13,15,32H,8-9,11-12,14H2,(H,30,31). The van der Waals surface area contributed by atoms with Gasteiger partial charge in [-0.2, -0.15) is 13.2 Å². The summed E-state index contributed by atoms with van der Waals surface area (Å²) in [5.74, 6) is -0.0339. The summed E-state index contributed by atoms with van der Waals surface area (Å²) < 4.78 is 40.2. The second-order valence-corrected chi connectivity index (χ2v) is 8.73. The van der Waals surface area contributed by atoms with Gasteiger partial charge in [0.1, 0.15) is 0 Å². The number of benzene rings is 2. The number of aromatic nitrogens is 1. The van der Waals surface area contributed by atoms with Crippen LogP contribution in [0.2, 0.25) is 5.02 Å². The van der Waals surface area contributed by atoms with Crippen LogP contribution in [0.1, 0.15) is 43.2 Å². The van der Waals surface area contributed by atoms with Crippen LogP contribution in [0.15, 0.2) is 54.7 Å². The molecule has 0 radical (unpaired) electrons. The van der Waals surface area contributed by atoms with Crippen molar-refractivity contribution in [1.82, 2.24) is 4.98 Å². The van der Waals surface area contributed by atoms with Gasteiger partial charge in [-0.15, -0.1) is 0 Å². The van der Waals surface area contributed by atoms with Crippen LogP contribution in [-0.2, 0) is 16.6 Å². The van der Waals surface area contributed by atoms with E-state index in [1.54, 1.807) is 36.4 Å². The van der Waals surface area contributed by atoms with Crippen LogP contribution < -0.4 is 5.32 Å². The number of alkyl halides is 3. The predicted molar refractivity (Wildman–Crippen MR) is 117 cm³/mol. The van der Waals surface area contributed by atoms with E-state index in [4.69, 9.17) is 11.6 Å². The lowest BCUT2D eigenvalue weighted by atomic mass is 9.73. The van der Waals surface area contributed by atoms with E-state index in [2.05, 4.69) is 10.3 Å². The molecule has 0 atom stereocenters. The lowest BCUT2D eigenvalue weighted by molar-refractivity contribution is -0.136. The van der Waals surface area contributed by atoms with Crippen molar-refractivity contribution in [2.24, 2.45) is 5.92 Å². The number of anilines is 1. The van der Waals surface area contributed by atoms with E-state index in [1.807, 2.05) is 0 Å². The number of hydrogen-bond acceptors (Lipinski definition) is 3. The molecule has 1 amide bonds. The highest BCUT2D eigenvalue weighted by molar-refractivity contribution is 6.30. The fourth-order valence-electron chi connectivity index (χ4n) is 4.45. The number of amides is 1. The number of fused-ring (bicyclic) bond motifs is 1. The minimum Gasteiger partial charge on any atom is -0.385 e. The van der Waals surface area contributed by atoms with Gasteiger partial charge in [-0.1, -0.05) is 23.7 Å². The van der Waals surface area contributed by atoms with Gasteiger partial charge in [0.15, 0.2) is 0 Å². The fraction of sp³-hybridized carbons (Fsp3) is 0.333. The molecule has 0 unspecified atom stereocenters. The number of para-hydroxylation sites is 1. The zero-order valence-corrected chi connectivity index (χ0v) is 17.9. The van der Waals surface area contributed by atoms with Crippen LogP contribution in [-0.4, -0.2) is 16.0 Å². The van der Waals surface area contributed by atoms with Gasteiger partial charge in [0.25, 0.3) is 0 Å². The molecule has 1 aliphatic carbocycles. The van der Waals surface area contributed by atoms with Crippen molar-refractivity contribution >= 4 is 34.1 Å². The number of pyridine rings is 1. The molecule has 3 aromatic rings. The molecule has 2 N–H and O–H groups in total. The van der Waals surface area contributed by atoms with Gasteiger partial charge in [0.2, 0.25) is 5.91 Å². The van der Waals surface area contributed by atoms with Crippen LogP contribution in [0.3, 0.4) is 0 Å². The third-order valence-corrected chi connectivity index (χ3v) is 6.36. The second-order valence-electron chi connectivity index (χ2n) is 8.29. The summed E-state index contributed by atoms with van der Waals surface area (Å²) >= 11 is 5.85. The summed E-state index contributed by atoms with van der Waals surface area (Å²) in [5.41, 5.74) is -1.11. The molecule has 1 saturated carbocycles. The maximum atomic E-state index is 13.4. The Labute approximate surface area is 188 Å². The van der Waals surface area contributed by atoms with E-state index in [-0.39, 0.29) is 17.3 Å². The molecular weight excluding hydrogens is 441 g/mol. The first-order valence-corrected chi connectivity index (χ1v) is 10.8. The first-order valence-electron chi connectivity index (χ1n) is 10.4. The molecular formula is C24H22ClF3N2O2. The highest BCUT2D eigenvalue weighted by Crippen LogP contribution is 2.44. The maximum Gasteiger partial charge on any atom is 0.418 e. The molecule has 168 valence electrons. The van der Waals surface area contributed by atoms with Gasteiger partial charge >= 0.3 is 6.18 Å². The van der Waals surface area contributed by atoms with Gasteiger partial charge in [-0.05, 0) is 73.6 Å². The molecule has 4 rings (SSSR count). The maximum absolute atomic E-state index is 13.4. The summed E-state index contributed by atoms with van der Waals surface area (Å²) in [5, 5.41) is 15.1. The van der Waals surface area contributed by atoms with Crippen molar-refractivity contribution in [1.29, 1.82) is 0 Å². The molecule has 0 spiro atoms. The zero-order valence-electron chi connectivity index (χ0n) is 17.1. The molecule has 0 bridgehead atoms. The van der Waals surface area contributed by atoms with Crippen LogP contribution in [0.4, 0.5) is 18.9 Å². The van der Waals surface area contributed by atoms with E-state index < -0.39 is 17.3 Å². The third-order valence-electron chi connectivity index (χ3n) is 6.11. The van der Waals surface area contributed by atoms with Crippen LogP contribution in [0.5, 0.6) is 0 Å². The quantitative estimate of drug-likeness (QED) is 0.477. The molecule has 1 heterocycles. The lowest BCUT2D eigenvalue weighted by Gasteiger charge is -2.37. The Hall–Kier alpha value is -2.64. The molecule has 8 heteroatoms. The number of carbonyl (C=O) groups is 1. The number of nitrogens with one attached hydrogen (secondary N) is 1. The molecule has 0 saturated heterocycles. The Kier molecular flexibility index (Phi) is 6.14. The summed E-state index contributed by atoms with van der Waals surface area (Å²) in [7, 11) is 0. The predicted octanol–water partition coefficient (Wildman–Crippen LogP) is 6.31. The number of carbonyl (C=O) groups excluding carboxylic acids is 1. The molecule has 1 aromatic heterocycles. The van der Waals surface area contributed by atoms with E-state index in [1.165, 1.54) is 12.3 Å². The first-order chi connectivity index (χ1) is 15.2. The van der Waals surface area contributed by atoms with Gasteiger partial charge in [0, 0.05) is 28.7 Å². The molecule has 0 aliphatic heterocycles. The molecule has 2 aromatic carbocycles. The van der Waals surface area contributed by atoms with Crippen LogP contribution in [0, 0.1) is 5.92 Å². The Bertz CT molecular complexity index is 1120. The van der Waals surface area contributed by atoms with E-state index in [0.29, 0.717) is 53.8 Å². The van der Waals surface area contributed by atoms with Crippen molar-refractivity contribution in [3.05, 3.63) is 70.9 Å². The minimum atomic E-state index is -4.52. The lowest BCUT2D eigenvalue weighted by Crippen LogP contribution is -2.33. The van der Waals surface area contributed by atoms with Gasteiger partial charge < -0.3 is 10.4 Å². The summed E-state index contributed by atoms with van der Waals surface area (Å²) in [6, 6.07) is 12.3. The summed E-state index contributed by atoms with van der Waals surface area (Å²) in [6.45, 7) is 0. The van der Waals surface area contributed by atoms with E-state index in [0.717, 1.165) is 6.07 Å². The number of halogens is 4. The molecule has 32 heavy (non-hydrogen) atoms. The molecule has 1 aliphatic rings. The van der Waals surface area contributed by atoms with Crippen molar-refractivity contribution in [3.8, 4) is 0 Å². The Morgan fingerprint density at radius 1 is 1.12 bits per heavy atom. The first kappa shape index (κ1) is 22.6. The summed E-state index contributed by atoms with van der Waals surface area (Å²) in [4.78, 5) is 16.3. The molecule has 1 fully saturated rings. The number of hydrogen-bond donors (Lipinski definition) is 2. The smallest absolute Gasteiger partial charge is 0.385 e. The van der Waals surface area contributed by atoms with Crippen LogP contribution >= 0.6 is 11.6 Å². The van der Waals surface area contributed by atoms with Gasteiger partial charge in [-0.25, -0.2) is 0 Å². The van der Waals surface area contributed by atoms with Crippen molar-refractivity contribution < 1.29 is 23.1 Å². The Morgan fingerprint density at radius 2 is 1.81 bits per heavy atom. The summed E-state index contributed by atoms with van der Waals surface area (Å²) in [6.07, 6.45) is -0.990. The van der Waals surface area contributed by atoms with Gasteiger partial charge in [0.05, 0.1) is 16.7 Å². The zero-order chi connectivity index (χ0) is 22.9. The Morgan fingerprint density at radius 3 is 2.47 bits per heavy atom. The number of aliphatic hydroxyl groups is 1. The van der Waals surface area contributed by atoms with E-state index >= 15 is 0 Å². The second kappa shape index (κ2) is 8.71. The van der Waals surface area contributed by atoms with Crippen molar-refractivity contribution in [2.45, 2.75) is 43.9 Å². The van der Waals surface area contributed by atoms with Crippen molar-refractivity contribution in [2.75, 3.05) is 5.32 Å². The van der Waals surface area contributed by atoms with Crippen molar-refractivity contribution in [3.63, 3.8) is 0 Å². The highest BCUT2D eigenvalue weighted by atomic mass is 35.5.